The lowest BCUT2D eigenvalue weighted by molar-refractivity contribution is 0.182. The summed E-state index contributed by atoms with van der Waals surface area (Å²) in [5.41, 5.74) is 0.847. The maximum atomic E-state index is 10.9. The molecule has 3 rings (SSSR count). The van der Waals surface area contributed by atoms with Crippen LogP contribution in [-0.4, -0.2) is 17.8 Å². The van der Waals surface area contributed by atoms with Crippen molar-refractivity contribution in [3.8, 4) is 5.75 Å². The molecule has 1 aliphatic heterocycles. The fourth-order valence-corrected chi connectivity index (χ4v) is 3.79. The van der Waals surface area contributed by atoms with Gasteiger partial charge in [-0.1, -0.05) is 41.0 Å². The molecule has 2 aromatic carbocycles. The van der Waals surface area contributed by atoms with Crippen LogP contribution in [0.1, 0.15) is 18.0 Å². The molecule has 0 spiro atoms. The second kappa shape index (κ2) is 6.91. The maximum Gasteiger partial charge on any atom is 0.405 e. The van der Waals surface area contributed by atoms with Crippen molar-refractivity contribution in [2.75, 3.05) is 6.61 Å². The minimum absolute atomic E-state index is 0.245. The molecule has 23 heavy (non-hydrogen) atoms. The minimum Gasteiger partial charge on any atom is -0.493 e. The molecule has 1 atom stereocenters. The summed E-state index contributed by atoms with van der Waals surface area (Å²) in [4.78, 5) is 12.7. The lowest BCUT2D eigenvalue weighted by atomic mass is 10.0. The quantitative estimate of drug-likeness (QED) is 0.776. The molecule has 1 heterocycles. The van der Waals surface area contributed by atoms with Crippen LogP contribution in [-0.2, 0) is 0 Å². The van der Waals surface area contributed by atoms with Gasteiger partial charge in [-0.15, -0.1) is 0 Å². The van der Waals surface area contributed by atoms with Crippen LogP contribution in [0.4, 0.5) is 4.79 Å². The van der Waals surface area contributed by atoms with Gasteiger partial charge in [-0.05, 0) is 30.3 Å². The SMILES string of the molecule is O=C(O)NC1CCOc2cc(Sc3cc(Cl)ccc3Cl)ccc21. The number of carboxylic acid groups (broad SMARTS) is 1. The van der Waals surface area contributed by atoms with Gasteiger partial charge in [0.1, 0.15) is 5.75 Å². The van der Waals surface area contributed by atoms with E-state index in [1.807, 2.05) is 24.3 Å². The number of amides is 1. The Hall–Kier alpha value is -1.56. The highest BCUT2D eigenvalue weighted by molar-refractivity contribution is 7.99. The molecular formula is C16H13Cl2NO3S. The number of halogens is 2. The Morgan fingerprint density at radius 2 is 2.09 bits per heavy atom. The van der Waals surface area contributed by atoms with Crippen molar-refractivity contribution in [1.29, 1.82) is 0 Å². The minimum atomic E-state index is -1.04. The van der Waals surface area contributed by atoms with E-state index >= 15 is 0 Å². The van der Waals surface area contributed by atoms with Gasteiger partial charge in [0.15, 0.2) is 0 Å². The van der Waals surface area contributed by atoms with E-state index in [4.69, 9.17) is 33.0 Å². The van der Waals surface area contributed by atoms with Crippen LogP contribution in [0.15, 0.2) is 46.2 Å². The second-order valence-corrected chi connectivity index (χ2v) is 6.97. The Balaban J connectivity index is 1.86. The third kappa shape index (κ3) is 3.86. The number of nitrogens with one attached hydrogen (secondary N) is 1. The van der Waals surface area contributed by atoms with E-state index in [9.17, 15) is 4.79 Å². The van der Waals surface area contributed by atoms with Crippen LogP contribution < -0.4 is 10.1 Å². The second-order valence-electron chi connectivity index (χ2n) is 5.02. The zero-order valence-corrected chi connectivity index (χ0v) is 14.2. The summed E-state index contributed by atoms with van der Waals surface area (Å²) in [5, 5.41) is 12.7. The number of fused-ring (bicyclic) bond motifs is 1. The number of benzene rings is 2. The highest BCUT2D eigenvalue weighted by Crippen LogP contribution is 2.39. The van der Waals surface area contributed by atoms with Gasteiger partial charge in [0.2, 0.25) is 0 Å². The molecule has 1 amide bonds. The van der Waals surface area contributed by atoms with Crippen molar-refractivity contribution < 1.29 is 14.6 Å². The standard InChI is InChI=1S/C16H13Cl2NO3S/c17-9-1-4-12(18)15(7-9)23-10-2-3-11-13(19-16(20)21)5-6-22-14(11)8-10/h1-4,7-8,13,19H,5-6H2,(H,20,21). The zero-order valence-electron chi connectivity index (χ0n) is 11.9. The van der Waals surface area contributed by atoms with Gasteiger partial charge in [0.05, 0.1) is 17.7 Å². The maximum absolute atomic E-state index is 10.9. The van der Waals surface area contributed by atoms with E-state index in [1.165, 1.54) is 11.8 Å². The van der Waals surface area contributed by atoms with Crippen LogP contribution in [0.2, 0.25) is 10.0 Å². The molecule has 0 bridgehead atoms. The third-order valence-corrected chi connectivity index (χ3v) is 5.17. The van der Waals surface area contributed by atoms with Crippen molar-refractivity contribution in [3.05, 3.63) is 52.0 Å². The molecule has 0 saturated carbocycles. The van der Waals surface area contributed by atoms with E-state index in [0.717, 1.165) is 15.4 Å². The van der Waals surface area contributed by atoms with Gasteiger partial charge >= 0.3 is 6.09 Å². The van der Waals surface area contributed by atoms with Crippen LogP contribution in [0.3, 0.4) is 0 Å². The summed E-state index contributed by atoms with van der Waals surface area (Å²) in [6, 6.07) is 10.8. The summed E-state index contributed by atoms with van der Waals surface area (Å²) < 4.78 is 5.66. The molecule has 7 heteroatoms. The number of hydrogen-bond acceptors (Lipinski definition) is 3. The molecule has 120 valence electrons. The average molecular weight is 370 g/mol. The Bertz CT molecular complexity index is 754. The first kappa shape index (κ1) is 16.3. The number of rotatable bonds is 3. The smallest absolute Gasteiger partial charge is 0.405 e. The average Bonchev–Trinajstić information content (AvgIpc) is 2.50. The molecule has 0 aromatic heterocycles. The molecule has 0 radical (unpaired) electrons. The van der Waals surface area contributed by atoms with Crippen LogP contribution >= 0.6 is 35.0 Å². The Kier molecular flexibility index (Phi) is 4.90. The summed E-state index contributed by atoms with van der Waals surface area (Å²) >= 11 is 13.7. The van der Waals surface area contributed by atoms with Gasteiger partial charge in [-0.25, -0.2) is 4.79 Å². The van der Waals surface area contributed by atoms with E-state index in [2.05, 4.69) is 5.32 Å². The predicted molar refractivity (Wildman–Crippen MR) is 91.0 cm³/mol. The Morgan fingerprint density at radius 3 is 2.87 bits per heavy atom. The van der Waals surface area contributed by atoms with Crippen LogP contribution in [0, 0.1) is 0 Å². The Morgan fingerprint density at radius 1 is 1.26 bits per heavy atom. The summed E-state index contributed by atoms with van der Waals surface area (Å²) in [5.74, 6) is 0.693. The molecule has 2 aromatic rings. The first-order valence-electron chi connectivity index (χ1n) is 6.92. The molecular weight excluding hydrogens is 357 g/mol. The van der Waals surface area contributed by atoms with Gasteiger partial charge in [0.25, 0.3) is 0 Å². The molecule has 1 unspecified atom stereocenters. The first-order valence-corrected chi connectivity index (χ1v) is 8.49. The van der Waals surface area contributed by atoms with Crippen molar-refractivity contribution in [2.24, 2.45) is 0 Å². The van der Waals surface area contributed by atoms with Gasteiger partial charge in [0, 0.05) is 26.8 Å². The largest absolute Gasteiger partial charge is 0.493 e. The van der Waals surface area contributed by atoms with Gasteiger partial charge in [-0.3, -0.25) is 0 Å². The van der Waals surface area contributed by atoms with Crippen LogP contribution in [0.25, 0.3) is 0 Å². The molecule has 2 N–H and O–H groups in total. The monoisotopic (exact) mass is 369 g/mol. The van der Waals surface area contributed by atoms with Gasteiger partial charge in [-0.2, -0.15) is 0 Å². The fraction of sp³-hybridized carbons (Fsp3) is 0.188. The van der Waals surface area contributed by atoms with Crippen molar-refractivity contribution in [3.63, 3.8) is 0 Å². The lowest BCUT2D eigenvalue weighted by Gasteiger charge is -2.26. The number of hydrogen-bond donors (Lipinski definition) is 2. The third-order valence-electron chi connectivity index (χ3n) is 3.44. The first-order chi connectivity index (χ1) is 11.0. The lowest BCUT2D eigenvalue weighted by Crippen LogP contribution is -2.30. The summed E-state index contributed by atoms with van der Waals surface area (Å²) in [6.45, 7) is 0.476. The van der Waals surface area contributed by atoms with E-state index in [-0.39, 0.29) is 6.04 Å². The van der Waals surface area contributed by atoms with Crippen LogP contribution in [0.5, 0.6) is 5.75 Å². The zero-order chi connectivity index (χ0) is 16.4. The normalized spacial score (nSPS) is 16.3. The number of carbonyl (C=O) groups is 1. The molecule has 0 aliphatic carbocycles. The summed E-state index contributed by atoms with van der Waals surface area (Å²) in [7, 11) is 0. The van der Waals surface area contributed by atoms with E-state index in [0.29, 0.717) is 28.8 Å². The molecule has 0 saturated heterocycles. The van der Waals surface area contributed by atoms with Gasteiger partial charge < -0.3 is 15.2 Å². The Labute approximate surface area is 147 Å². The van der Waals surface area contributed by atoms with Crippen molar-refractivity contribution in [2.45, 2.75) is 22.3 Å². The predicted octanol–water partition coefficient (Wildman–Crippen LogP) is 5.24. The van der Waals surface area contributed by atoms with E-state index in [1.54, 1.807) is 12.1 Å². The van der Waals surface area contributed by atoms with E-state index < -0.39 is 6.09 Å². The highest BCUT2D eigenvalue weighted by Gasteiger charge is 2.23. The summed E-state index contributed by atoms with van der Waals surface area (Å²) in [6.07, 6.45) is -0.418. The highest BCUT2D eigenvalue weighted by atomic mass is 35.5. The van der Waals surface area contributed by atoms with Crippen molar-refractivity contribution in [1.82, 2.24) is 5.32 Å². The molecule has 4 nitrogen and oxygen atoms in total. The van der Waals surface area contributed by atoms with Crippen molar-refractivity contribution >= 4 is 41.1 Å². The topological polar surface area (TPSA) is 58.6 Å². The fourth-order valence-electron chi connectivity index (χ4n) is 2.41. The molecule has 1 aliphatic rings. The molecule has 0 fully saturated rings. The number of ether oxygens (including phenoxy) is 1.